The molecule has 0 saturated carbocycles. The molecule has 1 atom stereocenters. The molecule has 2 aliphatic rings. The summed E-state index contributed by atoms with van der Waals surface area (Å²) in [5, 5.41) is 13.8. The zero-order valence-electron chi connectivity index (χ0n) is 12.1. The molecule has 1 amide bonds. The van der Waals surface area contributed by atoms with Crippen LogP contribution in [0.15, 0.2) is 11.5 Å². The zero-order valence-corrected chi connectivity index (χ0v) is 12.1. The Kier molecular flexibility index (Phi) is 3.31. The Morgan fingerprint density at radius 1 is 1.45 bits per heavy atom. The molecule has 0 saturated heterocycles. The van der Waals surface area contributed by atoms with E-state index in [-0.39, 0.29) is 6.54 Å². The molecule has 0 fully saturated rings. The first kappa shape index (κ1) is 14.5. The van der Waals surface area contributed by atoms with Crippen molar-refractivity contribution in [3.63, 3.8) is 0 Å². The molecule has 1 N–H and O–H groups in total. The van der Waals surface area contributed by atoms with Crippen molar-refractivity contribution in [3.8, 4) is 0 Å². The normalized spacial score (nSPS) is 25.7. The van der Waals surface area contributed by atoms with Crippen LogP contribution in [0.2, 0.25) is 0 Å². The fourth-order valence-corrected chi connectivity index (χ4v) is 2.09. The lowest BCUT2D eigenvalue weighted by Gasteiger charge is -2.30. The van der Waals surface area contributed by atoms with Gasteiger partial charge in [0.05, 0.1) is 12.2 Å². The Balaban J connectivity index is 2.03. The third kappa shape index (κ3) is 2.81. The molecule has 20 heavy (non-hydrogen) atoms. The summed E-state index contributed by atoms with van der Waals surface area (Å²) >= 11 is 0. The molecule has 0 aromatic rings. The smallest absolute Gasteiger partial charge is 0.410 e. The number of hydrogen-bond donors (Lipinski definition) is 1. The van der Waals surface area contributed by atoms with Crippen molar-refractivity contribution in [2.45, 2.75) is 45.4 Å². The first-order chi connectivity index (χ1) is 9.11. The van der Waals surface area contributed by atoms with Gasteiger partial charge in [-0.15, -0.1) is 0 Å². The van der Waals surface area contributed by atoms with E-state index in [2.05, 4.69) is 5.32 Å². The van der Waals surface area contributed by atoms with Crippen LogP contribution in [-0.4, -0.2) is 41.4 Å². The molecular weight excluding hydrogens is 264 g/mol. The molecule has 0 spiro atoms. The first-order valence-electron chi connectivity index (χ1n) is 6.49. The minimum Gasteiger partial charge on any atom is -0.544 e. The van der Waals surface area contributed by atoms with Gasteiger partial charge in [-0.1, -0.05) is 0 Å². The topological polar surface area (TPSA) is 90.9 Å². The van der Waals surface area contributed by atoms with Crippen molar-refractivity contribution < 1.29 is 24.2 Å². The van der Waals surface area contributed by atoms with Gasteiger partial charge in [-0.05, 0) is 20.8 Å². The van der Waals surface area contributed by atoms with Crippen LogP contribution in [0.25, 0.3) is 0 Å². The van der Waals surface area contributed by atoms with Crippen LogP contribution in [0.4, 0.5) is 4.79 Å². The van der Waals surface area contributed by atoms with Gasteiger partial charge in [0.1, 0.15) is 17.3 Å². The number of rotatable bonds is 1. The lowest BCUT2D eigenvalue weighted by Crippen LogP contribution is -2.54. The van der Waals surface area contributed by atoms with Crippen LogP contribution in [0, 0.1) is 0 Å². The second-order valence-corrected chi connectivity index (χ2v) is 6.10. The highest BCUT2D eigenvalue weighted by molar-refractivity contribution is 5.76. The van der Waals surface area contributed by atoms with Crippen molar-refractivity contribution in [2.24, 2.45) is 0 Å². The average molecular weight is 283 g/mol. The standard InChI is InChI=1S/C13H20N2O5/c1-12(2,3)20-11(18)15-6-5-8-9(7-15)19-13(4,14-8)10(16)17/h14H,5-7H2,1-4H3,(H,16,17)/p-1. The Labute approximate surface area is 117 Å². The number of carbonyl (C=O) groups excluding carboxylic acids is 2. The van der Waals surface area contributed by atoms with Crippen LogP contribution in [0.1, 0.15) is 34.1 Å². The van der Waals surface area contributed by atoms with E-state index in [0.717, 1.165) is 0 Å². The highest BCUT2D eigenvalue weighted by Crippen LogP contribution is 2.30. The van der Waals surface area contributed by atoms with Crippen LogP contribution in [0.3, 0.4) is 0 Å². The van der Waals surface area contributed by atoms with Gasteiger partial charge in [-0.25, -0.2) is 4.79 Å². The summed E-state index contributed by atoms with van der Waals surface area (Å²) in [6.45, 7) is 7.41. The highest BCUT2D eigenvalue weighted by atomic mass is 16.6. The number of nitrogens with one attached hydrogen (secondary N) is 1. The Morgan fingerprint density at radius 2 is 2.10 bits per heavy atom. The molecule has 2 aliphatic heterocycles. The SMILES string of the molecule is CC(C)(C)OC(=O)N1CCC2=C(C1)OC(C)(C(=O)[O-])N2. The number of ether oxygens (including phenoxy) is 2. The number of carboxylic acid groups (broad SMARTS) is 1. The van der Waals surface area contributed by atoms with Crippen LogP contribution in [0.5, 0.6) is 0 Å². The van der Waals surface area contributed by atoms with E-state index in [0.29, 0.717) is 24.4 Å². The maximum absolute atomic E-state index is 12.0. The minimum absolute atomic E-state index is 0.195. The summed E-state index contributed by atoms with van der Waals surface area (Å²) in [6, 6.07) is 0. The minimum atomic E-state index is -1.56. The molecule has 0 bridgehead atoms. The third-order valence-electron chi connectivity index (χ3n) is 3.06. The number of amides is 1. The van der Waals surface area contributed by atoms with Crippen molar-refractivity contribution >= 4 is 12.1 Å². The molecule has 0 aliphatic carbocycles. The summed E-state index contributed by atoms with van der Waals surface area (Å²) < 4.78 is 10.7. The van der Waals surface area contributed by atoms with Crippen LogP contribution >= 0.6 is 0 Å². The molecule has 7 nitrogen and oxygen atoms in total. The largest absolute Gasteiger partial charge is 0.544 e. The molecule has 2 rings (SSSR count). The maximum Gasteiger partial charge on any atom is 0.410 e. The van der Waals surface area contributed by atoms with Crippen molar-refractivity contribution in [1.82, 2.24) is 10.2 Å². The van der Waals surface area contributed by atoms with Gasteiger partial charge in [-0.3, -0.25) is 0 Å². The van der Waals surface area contributed by atoms with Gasteiger partial charge in [0, 0.05) is 19.9 Å². The molecular formula is C13H19N2O5-. The average Bonchev–Trinajstić information content (AvgIpc) is 2.63. The molecule has 112 valence electrons. The number of carboxylic acids is 1. The summed E-state index contributed by atoms with van der Waals surface area (Å²) in [4.78, 5) is 24.5. The zero-order chi connectivity index (χ0) is 15.1. The van der Waals surface area contributed by atoms with E-state index in [1.807, 2.05) is 0 Å². The first-order valence-corrected chi connectivity index (χ1v) is 6.49. The quantitative estimate of drug-likeness (QED) is 0.724. The number of aliphatic carboxylic acids is 1. The Bertz CT molecular complexity index is 480. The summed E-state index contributed by atoms with van der Waals surface area (Å²) in [5.41, 5.74) is -1.43. The van der Waals surface area contributed by atoms with Crippen LogP contribution in [-0.2, 0) is 14.3 Å². The van der Waals surface area contributed by atoms with Crippen molar-refractivity contribution in [1.29, 1.82) is 0 Å². The van der Waals surface area contributed by atoms with Crippen molar-refractivity contribution in [2.75, 3.05) is 13.1 Å². The number of nitrogens with zero attached hydrogens (tertiary/aromatic N) is 1. The Morgan fingerprint density at radius 3 is 2.65 bits per heavy atom. The highest BCUT2D eigenvalue weighted by Gasteiger charge is 2.40. The van der Waals surface area contributed by atoms with Gasteiger partial charge in [0.15, 0.2) is 0 Å². The van der Waals surface area contributed by atoms with E-state index in [4.69, 9.17) is 9.47 Å². The van der Waals surface area contributed by atoms with E-state index < -0.39 is 23.4 Å². The second-order valence-electron chi connectivity index (χ2n) is 6.10. The van der Waals surface area contributed by atoms with Crippen molar-refractivity contribution in [3.05, 3.63) is 11.5 Å². The summed E-state index contributed by atoms with van der Waals surface area (Å²) in [6.07, 6.45) is 0.0620. The fourth-order valence-electron chi connectivity index (χ4n) is 2.09. The van der Waals surface area contributed by atoms with E-state index >= 15 is 0 Å². The maximum atomic E-state index is 12.0. The molecule has 0 aromatic heterocycles. The van der Waals surface area contributed by atoms with E-state index in [9.17, 15) is 14.7 Å². The Hall–Kier alpha value is -1.92. The molecule has 1 unspecified atom stereocenters. The van der Waals surface area contributed by atoms with E-state index in [1.165, 1.54) is 11.8 Å². The molecule has 0 radical (unpaired) electrons. The third-order valence-corrected chi connectivity index (χ3v) is 3.06. The molecule has 2 heterocycles. The fraction of sp³-hybridized carbons (Fsp3) is 0.692. The lowest BCUT2D eigenvalue weighted by atomic mass is 10.2. The van der Waals surface area contributed by atoms with Gasteiger partial charge in [0.25, 0.3) is 0 Å². The summed E-state index contributed by atoms with van der Waals surface area (Å²) in [7, 11) is 0. The van der Waals surface area contributed by atoms with Gasteiger partial charge < -0.3 is 29.6 Å². The van der Waals surface area contributed by atoms with Gasteiger partial charge in [0.2, 0.25) is 5.72 Å². The van der Waals surface area contributed by atoms with E-state index in [1.54, 1.807) is 20.8 Å². The monoisotopic (exact) mass is 283 g/mol. The predicted octanol–water partition coefficient (Wildman–Crippen LogP) is -0.0753. The lowest BCUT2D eigenvalue weighted by molar-refractivity contribution is -0.324. The number of hydrogen-bond acceptors (Lipinski definition) is 6. The van der Waals surface area contributed by atoms with Crippen LogP contribution < -0.4 is 10.4 Å². The number of carbonyl (C=O) groups is 2. The molecule has 7 heteroatoms. The summed E-state index contributed by atoms with van der Waals surface area (Å²) in [5.74, 6) is -0.885. The second kappa shape index (κ2) is 4.57. The van der Waals surface area contributed by atoms with Gasteiger partial charge in [-0.2, -0.15) is 0 Å². The molecule has 0 aromatic carbocycles. The van der Waals surface area contributed by atoms with Gasteiger partial charge >= 0.3 is 6.09 Å². The predicted molar refractivity (Wildman–Crippen MR) is 67.1 cm³/mol.